The Balaban J connectivity index is 2.45. The lowest BCUT2D eigenvalue weighted by Gasteiger charge is -2.34. The van der Waals surface area contributed by atoms with Crippen molar-refractivity contribution in [3.8, 4) is 0 Å². The first kappa shape index (κ1) is 16.8. The average molecular weight is 365 g/mol. The highest BCUT2D eigenvalue weighted by Crippen LogP contribution is 2.42. The Morgan fingerprint density at radius 3 is 2.24 bits per heavy atom. The number of methoxy groups -OCH3 is 1. The number of hydrogen-bond acceptors (Lipinski definition) is 1. The fourth-order valence-electron chi connectivity index (χ4n) is 3.21. The van der Waals surface area contributed by atoms with Crippen molar-refractivity contribution in [2.24, 2.45) is 0 Å². The quantitative estimate of drug-likeness (QED) is 0.486. The molecule has 0 spiro atoms. The maximum Gasteiger partial charge on any atom is 0.416 e. The maximum absolute atomic E-state index is 12.9. The van der Waals surface area contributed by atoms with Gasteiger partial charge in [-0.05, 0) is 36.1 Å². The smallest absolute Gasteiger partial charge is 0.374 e. The van der Waals surface area contributed by atoms with Crippen LogP contribution in [0.25, 0.3) is 0 Å². The van der Waals surface area contributed by atoms with Crippen LogP contribution in [-0.4, -0.2) is 7.11 Å². The van der Waals surface area contributed by atoms with Crippen LogP contribution in [0.2, 0.25) is 0 Å². The summed E-state index contributed by atoms with van der Waals surface area (Å²) in [4.78, 5) is 0. The molecule has 1 saturated carbocycles. The van der Waals surface area contributed by atoms with Gasteiger partial charge in [-0.1, -0.05) is 47.7 Å². The average Bonchev–Trinajstić information content (AvgIpc) is 2.72. The van der Waals surface area contributed by atoms with Crippen molar-refractivity contribution < 1.29 is 17.9 Å². The third-order valence-corrected chi connectivity index (χ3v) is 4.97. The molecule has 1 aliphatic carbocycles. The van der Waals surface area contributed by atoms with Gasteiger partial charge < -0.3 is 4.74 Å². The molecule has 0 bridgehead atoms. The van der Waals surface area contributed by atoms with Gasteiger partial charge in [0, 0.05) is 12.4 Å². The molecular formula is C16H20BrF3O. The van der Waals surface area contributed by atoms with Crippen LogP contribution in [0.5, 0.6) is 0 Å². The van der Waals surface area contributed by atoms with Gasteiger partial charge in [0.1, 0.15) is 0 Å². The molecule has 2 rings (SSSR count). The second-order valence-corrected chi connectivity index (χ2v) is 6.18. The Labute approximate surface area is 132 Å². The van der Waals surface area contributed by atoms with Crippen molar-refractivity contribution in [3.63, 3.8) is 0 Å². The Morgan fingerprint density at radius 1 is 1.14 bits per heavy atom. The zero-order valence-electron chi connectivity index (χ0n) is 12.1. The predicted molar refractivity (Wildman–Crippen MR) is 80.5 cm³/mol. The predicted octanol–water partition coefficient (Wildman–Crippen LogP) is 5.80. The van der Waals surface area contributed by atoms with E-state index >= 15 is 0 Å². The Hall–Kier alpha value is -0.550. The van der Waals surface area contributed by atoms with E-state index in [0.29, 0.717) is 10.9 Å². The number of halogens is 4. The molecule has 0 radical (unpaired) electrons. The highest BCUT2D eigenvalue weighted by atomic mass is 79.9. The molecular weight excluding hydrogens is 345 g/mol. The van der Waals surface area contributed by atoms with Crippen molar-refractivity contribution in [3.05, 3.63) is 34.9 Å². The van der Waals surface area contributed by atoms with Crippen molar-refractivity contribution in [2.75, 3.05) is 7.11 Å². The first-order valence-electron chi connectivity index (χ1n) is 7.25. The van der Waals surface area contributed by atoms with Crippen molar-refractivity contribution in [1.29, 1.82) is 0 Å². The van der Waals surface area contributed by atoms with Gasteiger partial charge in [0.25, 0.3) is 0 Å². The molecule has 0 atom stereocenters. The molecule has 118 valence electrons. The first-order valence-corrected chi connectivity index (χ1v) is 8.37. The van der Waals surface area contributed by atoms with Crippen LogP contribution in [-0.2, 0) is 21.8 Å². The third kappa shape index (κ3) is 3.62. The number of alkyl halides is 4. The van der Waals surface area contributed by atoms with Crippen LogP contribution in [0.15, 0.2) is 18.2 Å². The summed E-state index contributed by atoms with van der Waals surface area (Å²) in [6.45, 7) is 0. The topological polar surface area (TPSA) is 9.23 Å². The molecule has 1 aromatic rings. The summed E-state index contributed by atoms with van der Waals surface area (Å²) in [7, 11) is 1.67. The molecule has 0 aromatic heterocycles. The van der Waals surface area contributed by atoms with Crippen LogP contribution >= 0.6 is 15.9 Å². The molecule has 0 heterocycles. The lowest BCUT2D eigenvalue weighted by molar-refractivity contribution is -0.137. The summed E-state index contributed by atoms with van der Waals surface area (Å²) in [6.07, 6.45) is 1.86. The molecule has 21 heavy (non-hydrogen) atoms. The van der Waals surface area contributed by atoms with Crippen LogP contribution in [0.3, 0.4) is 0 Å². The van der Waals surface area contributed by atoms with Gasteiger partial charge >= 0.3 is 6.18 Å². The van der Waals surface area contributed by atoms with Gasteiger partial charge in [-0.25, -0.2) is 0 Å². The highest BCUT2D eigenvalue weighted by molar-refractivity contribution is 9.08. The normalized spacial score (nSPS) is 19.3. The zero-order valence-corrected chi connectivity index (χ0v) is 13.7. The maximum atomic E-state index is 12.9. The van der Waals surface area contributed by atoms with E-state index in [0.717, 1.165) is 44.1 Å². The summed E-state index contributed by atoms with van der Waals surface area (Å²) >= 11 is 3.33. The number of benzene rings is 1. The van der Waals surface area contributed by atoms with E-state index in [2.05, 4.69) is 15.9 Å². The summed E-state index contributed by atoms with van der Waals surface area (Å²) in [5.41, 5.74) is 0.537. The molecule has 0 N–H and O–H groups in total. The van der Waals surface area contributed by atoms with Gasteiger partial charge in [-0.3, -0.25) is 0 Å². The minimum atomic E-state index is -4.31. The Bertz CT molecular complexity index is 477. The molecule has 0 aliphatic heterocycles. The van der Waals surface area contributed by atoms with Gasteiger partial charge in [0.15, 0.2) is 0 Å². The Morgan fingerprint density at radius 2 is 1.76 bits per heavy atom. The molecule has 5 heteroatoms. The molecule has 1 fully saturated rings. The molecule has 1 nitrogen and oxygen atoms in total. The van der Waals surface area contributed by atoms with Crippen LogP contribution in [0.4, 0.5) is 13.2 Å². The van der Waals surface area contributed by atoms with Crippen LogP contribution in [0.1, 0.15) is 55.2 Å². The van der Waals surface area contributed by atoms with E-state index in [4.69, 9.17) is 4.74 Å². The molecule has 0 unspecified atom stereocenters. The van der Waals surface area contributed by atoms with E-state index in [1.54, 1.807) is 13.2 Å². The minimum Gasteiger partial charge on any atom is -0.374 e. The summed E-state index contributed by atoms with van der Waals surface area (Å²) in [5.74, 6) is 0. The molecule has 1 aliphatic rings. The van der Waals surface area contributed by atoms with E-state index in [1.165, 1.54) is 12.1 Å². The SMILES string of the molecule is COC1(c2ccc(C(F)(F)F)cc2CBr)CCCCCC1. The summed E-state index contributed by atoms with van der Waals surface area (Å²) < 4.78 is 44.4. The lowest BCUT2D eigenvalue weighted by Crippen LogP contribution is -2.29. The molecule has 1 aromatic carbocycles. The van der Waals surface area contributed by atoms with Crippen LogP contribution < -0.4 is 0 Å². The van der Waals surface area contributed by atoms with Gasteiger partial charge in [-0.2, -0.15) is 13.2 Å². The largest absolute Gasteiger partial charge is 0.416 e. The van der Waals surface area contributed by atoms with E-state index in [9.17, 15) is 13.2 Å². The number of ether oxygens (including phenoxy) is 1. The Kier molecular flexibility index (Phi) is 5.36. The van der Waals surface area contributed by atoms with Crippen molar-refractivity contribution in [2.45, 2.75) is 55.6 Å². The van der Waals surface area contributed by atoms with Crippen LogP contribution in [0, 0.1) is 0 Å². The standard InChI is InChI=1S/C16H20BrF3O/c1-21-15(8-4-2-3-5-9-15)14-7-6-13(16(18,19)20)10-12(14)11-17/h6-7,10H,2-5,8-9,11H2,1H3. The summed E-state index contributed by atoms with van der Waals surface area (Å²) in [5, 5.41) is 0.400. The van der Waals surface area contributed by atoms with Gasteiger partial charge in [0.2, 0.25) is 0 Å². The third-order valence-electron chi connectivity index (χ3n) is 4.37. The first-order chi connectivity index (χ1) is 9.93. The fourth-order valence-corrected chi connectivity index (χ4v) is 3.67. The molecule has 0 amide bonds. The minimum absolute atomic E-state index is 0.400. The number of hydrogen-bond donors (Lipinski definition) is 0. The van der Waals surface area contributed by atoms with E-state index in [-0.39, 0.29) is 0 Å². The second-order valence-electron chi connectivity index (χ2n) is 5.62. The van der Waals surface area contributed by atoms with E-state index < -0.39 is 17.3 Å². The monoisotopic (exact) mass is 364 g/mol. The van der Waals surface area contributed by atoms with Gasteiger partial charge in [0.05, 0.1) is 11.2 Å². The molecule has 0 saturated heterocycles. The lowest BCUT2D eigenvalue weighted by atomic mass is 9.83. The number of rotatable bonds is 3. The fraction of sp³-hybridized carbons (Fsp3) is 0.625. The summed E-state index contributed by atoms with van der Waals surface area (Å²) in [6, 6.07) is 4.02. The van der Waals surface area contributed by atoms with E-state index in [1.807, 2.05) is 0 Å². The highest BCUT2D eigenvalue weighted by Gasteiger charge is 2.37. The van der Waals surface area contributed by atoms with Gasteiger partial charge in [-0.15, -0.1) is 0 Å². The van der Waals surface area contributed by atoms with Crippen molar-refractivity contribution >= 4 is 15.9 Å². The van der Waals surface area contributed by atoms with Crippen molar-refractivity contribution in [1.82, 2.24) is 0 Å². The zero-order chi connectivity index (χ0) is 15.5. The second kappa shape index (κ2) is 6.69.